The number of thiophene rings is 1. The van der Waals surface area contributed by atoms with Crippen molar-refractivity contribution in [2.45, 2.75) is 42.2 Å². The molecule has 0 aliphatic rings. The van der Waals surface area contributed by atoms with Gasteiger partial charge in [0, 0.05) is 11.3 Å². The van der Waals surface area contributed by atoms with Gasteiger partial charge >= 0.3 is 5.97 Å². The number of thioether (sulfide) groups is 1. The molecule has 2 rings (SSSR count). The molecule has 2 atom stereocenters. The Morgan fingerprint density at radius 3 is 2.45 bits per heavy atom. The summed E-state index contributed by atoms with van der Waals surface area (Å²) in [6.07, 6.45) is 1.23. The number of carboxylic acids is 1. The zero-order valence-corrected chi connectivity index (χ0v) is 14.6. The summed E-state index contributed by atoms with van der Waals surface area (Å²) >= 11 is 3.26. The van der Waals surface area contributed by atoms with E-state index in [9.17, 15) is 4.79 Å². The maximum atomic E-state index is 10.3. The van der Waals surface area contributed by atoms with E-state index in [1.807, 2.05) is 42.6 Å². The Morgan fingerprint density at radius 1 is 1.27 bits per heavy atom. The van der Waals surface area contributed by atoms with Gasteiger partial charge in [0.1, 0.15) is 0 Å². The van der Waals surface area contributed by atoms with Crippen molar-refractivity contribution in [3.8, 4) is 0 Å². The minimum absolute atomic E-state index is 0.154. The molecule has 3 nitrogen and oxygen atoms in total. The van der Waals surface area contributed by atoms with E-state index in [0.717, 1.165) is 6.42 Å². The summed E-state index contributed by atoms with van der Waals surface area (Å²) < 4.78 is 1.18. The first kappa shape index (κ1) is 18.7. The highest BCUT2D eigenvalue weighted by Gasteiger charge is 2.09. The third-order valence-electron chi connectivity index (χ3n) is 2.94. The van der Waals surface area contributed by atoms with Crippen molar-refractivity contribution in [2.24, 2.45) is 5.73 Å². The van der Waals surface area contributed by atoms with E-state index >= 15 is 0 Å². The van der Waals surface area contributed by atoms with Crippen molar-refractivity contribution in [3.63, 3.8) is 0 Å². The second kappa shape index (κ2) is 10.4. The van der Waals surface area contributed by atoms with E-state index in [-0.39, 0.29) is 17.7 Å². The highest BCUT2D eigenvalue weighted by Crippen LogP contribution is 2.28. The van der Waals surface area contributed by atoms with Crippen LogP contribution in [0.15, 0.2) is 52.1 Å². The van der Waals surface area contributed by atoms with E-state index in [1.165, 1.54) is 9.77 Å². The van der Waals surface area contributed by atoms with Gasteiger partial charge in [0.05, 0.1) is 10.6 Å². The molecule has 22 heavy (non-hydrogen) atoms. The first-order chi connectivity index (χ1) is 10.5. The standard InChI is InChI=1S/C9H13N.C8H10O2S2/c1-2-9(10)8-6-4-3-5-7-8;1-6(5-7(9)10)12-8-3-2-4-11-8/h3-7,9H,2,10H2,1H3;2-4,6H,5H2,1H3,(H,9,10)/t;6-/m.1/s1. The molecular formula is C17H23NO2S2. The summed E-state index contributed by atoms with van der Waals surface area (Å²) in [5.41, 5.74) is 7.02. The van der Waals surface area contributed by atoms with Gasteiger partial charge in [0.2, 0.25) is 0 Å². The topological polar surface area (TPSA) is 63.3 Å². The molecule has 1 aromatic heterocycles. The number of rotatable bonds is 6. The van der Waals surface area contributed by atoms with Crippen LogP contribution in [0, 0.1) is 0 Å². The van der Waals surface area contributed by atoms with Crippen molar-refractivity contribution in [1.29, 1.82) is 0 Å². The molecule has 0 radical (unpaired) electrons. The Hall–Kier alpha value is -1.30. The fourth-order valence-electron chi connectivity index (χ4n) is 1.75. The zero-order valence-electron chi connectivity index (χ0n) is 12.9. The predicted octanol–water partition coefficient (Wildman–Crippen LogP) is 4.80. The molecule has 1 heterocycles. The molecule has 0 saturated heterocycles. The maximum Gasteiger partial charge on any atom is 0.304 e. The molecule has 0 aliphatic heterocycles. The van der Waals surface area contributed by atoms with Crippen molar-refractivity contribution < 1.29 is 9.90 Å². The van der Waals surface area contributed by atoms with Crippen LogP contribution in [0.3, 0.4) is 0 Å². The van der Waals surface area contributed by atoms with Gasteiger partial charge in [0.15, 0.2) is 0 Å². The summed E-state index contributed by atoms with van der Waals surface area (Å²) in [4.78, 5) is 10.3. The molecule has 0 bridgehead atoms. The van der Waals surface area contributed by atoms with Crippen molar-refractivity contribution in [1.82, 2.24) is 0 Å². The Kier molecular flexibility index (Phi) is 8.89. The smallest absolute Gasteiger partial charge is 0.304 e. The van der Waals surface area contributed by atoms with Gasteiger partial charge in [-0.05, 0) is 23.4 Å². The lowest BCUT2D eigenvalue weighted by molar-refractivity contribution is -0.136. The van der Waals surface area contributed by atoms with E-state index in [0.29, 0.717) is 0 Å². The quantitative estimate of drug-likeness (QED) is 0.743. The second-order valence-corrected chi connectivity index (χ2v) is 7.57. The van der Waals surface area contributed by atoms with Crippen LogP contribution in [-0.2, 0) is 4.79 Å². The van der Waals surface area contributed by atoms with Gasteiger partial charge in [-0.3, -0.25) is 4.79 Å². The Morgan fingerprint density at radius 2 is 1.95 bits per heavy atom. The van der Waals surface area contributed by atoms with Crippen molar-refractivity contribution in [3.05, 3.63) is 53.4 Å². The molecule has 0 aliphatic carbocycles. The van der Waals surface area contributed by atoms with E-state index < -0.39 is 5.97 Å². The molecule has 1 unspecified atom stereocenters. The molecule has 0 fully saturated rings. The van der Waals surface area contributed by atoms with Gasteiger partial charge in [-0.15, -0.1) is 23.1 Å². The minimum atomic E-state index is -0.730. The van der Waals surface area contributed by atoms with Crippen LogP contribution >= 0.6 is 23.1 Å². The first-order valence-corrected chi connectivity index (χ1v) is 9.01. The lowest BCUT2D eigenvalue weighted by Gasteiger charge is -2.06. The normalized spacial score (nSPS) is 12.9. The van der Waals surface area contributed by atoms with E-state index in [1.54, 1.807) is 23.1 Å². The van der Waals surface area contributed by atoms with Crippen LogP contribution in [0.2, 0.25) is 0 Å². The average Bonchev–Trinajstić information content (AvgIpc) is 3.00. The molecule has 0 spiro atoms. The van der Waals surface area contributed by atoms with Crippen molar-refractivity contribution >= 4 is 29.1 Å². The molecule has 120 valence electrons. The van der Waals surface area contributed by atoms with E-state index in [4.69, 9.17) is 10.8 Å². The fourth-order valence-corrected chi connectivity index (χ4v) is 3.86. The molecular weight excluding hydrogens is 314 g/mol. The van der Waals surface area contributed by atoms with Gasteiger partial charge in [-0.2, -0.15) is 0 Å². The summed E-state index contributed by atoms with van der Waals surface area (Å²) in [6, 6.07) is 14.4. The highest BCUT2D eigenvalue weighted by atomic mass is 32.2. The summed E-state index contributed by atoms with van der Waals surface area (Å²) in [6.45, 7) is 4.02. The number of hydrogen-bond acceptors (Lipinski definition) is 4. The third-order valence-corrected chi connectivity index (χ3v) is 5.12. The number of nitrogens with two attached hydrogens (primary N) is 1. The summed E-state index contributed by atoms with van der Waals surface area (Å²) in [7, 11) is 0. The minimum Gasteiger partial charge on any atom is -0.481 e. The molecule has 0 amide bonds. The van der Waals surface area contributed by atoms with Crippen LogP contribution < -0.4 is 5.73 Å². The van der Waals surface area contributed by atoms with E-state index in [2.05, 4.69) is 19.1 Å². The molecule has 0 saturated carbocycles. The monoisotopic (exact) mass is 337 g/mol. The lowest BCUT2D eigenvalue weighted by atomic mass is 10.1. The Labute approximate surface area is 140 Å². The predicted molar refractivity (Wildman–Crippen MR) is 95.6 cm³/mol. The lowest BCUT2D eigenvalue weighted by Crippen LogP contribution is -2.07. The Bertz CT molecular complexity index is 529. The first-order valence-electron chi connectivity index (χ1n) is 7.25. The van der Waals surface area contributed by atoms with Gasteiger partial charge < -0.3 is 10.8 Å². The number of carbonyl (C=O) groups is 1. The highest BCUT2D eigenvalue weighted by molar-refractivity contribution is 8.01. The van der Waals surface area contributed by atoms with Crippen LogP contribution in [0.5, 0.6) is 0 Å². The second-order valence-electron chi connectivity index (χ2n) is 4.88. The zero-order chi connectivity index (χ0) is 16.4. The molecule has 3 N–H and O–H groups in total. The molecule has 1 aromatic carbocycles. The summed E-state index contributed by atoms with van der Waals surface area (Å²) in [5.74, 6) is -0.730. The number of aliphatic carboxylic acids is 1. The van der Waals surface area contributed by atoms with Gasteiger partial charge in [0.25, 0.3) is 0 Å². The van der Waals surface area contributed by atoms with Crippen molar-refractivity contribution in [2.75, 3.05) is 0 Å². The maximum absolute atomic E-state index is 10.3. The molecule has 5 heteroatoms. The van der Waals surface area contributed by atoms with Crippen LogP contribution in [0.25, 0.3) is 0 Å². The van der Waals surface area contributed by atoms with Crippen LogP contribution in [-0.4, -0.2) is 16.3 Å². The summed E-state index contributed by atoms with van der Waals surface area (Å²) in [5, 5.41) is 10.7. The third kappa shape index (κ3) is 7.64. The SMILES string of the molecule is CCC(N)c1ccccc1.C[C@H](CC(=O)O)Sc1cccs1. The average molecular weight is 338 g/mol. The Balaban J connectivity index is 0.000000224. The fraction of sp³-hybridized carbons (Fsp3) is 0.353. The van der Waals surface area contributed by atoms with Gasteiger partial charge in [-0.1, -0.05) is 50.2 Å². The van der Waals surface area contributed by atoms with Gasteiger partial charge in [-0.25, -0.2) is 0 Å². The number of carboxylic acid groups (broad SMARTS) is 1. The number of benzene rings is 1. The van der Waals surface area contributed by atoms with Crippen LogP contribution in [0.4, 0.5) is 0 Å². The largest absolute Gasteiger partial charge is 0.481 e. The molecule has 2 aromatic rings. The van der Waals surface area contributed by atoms with Crippen LogP contribution in [0.1, 0.15) is 38.3 Å². The number of hydrogen-bond donors (Lipinski definition) is 2.